The Kier molecular flexibility index (Phi) is 14.2. The van der Waals surface area contributed by atoms with Crippen LogP contribution in [0.3, 0.4) is 0 Å². The zero-order valence-corrected chi connectivity index (χ0v) is 32.7. The van der Waals surface area contributed by atoms with Crippen molar-refractivity contribution in [3.05, 3.63) is 106 Å². The van der Waals surface area contributed by atoms with Gasteiger partial charge < -0.3 is 90.4 Å². The SMILES string of the molecule is O=C(C=Cc1ccc(O)cc1)c1c(OC2OC(CO)C(O)C(O)C2O)cc(O)c(Cc2c(O)cc(OC3OC(CO)C(O)C(O)C3O)c(C(=O)C=Cc3ccc(O)cc3)c2O)c1O. The lowest BCUT2D eigenvalue weighted by atomic mass is 9.93. The highest BCUT2D eigenvalue weighted by Crippen LogP contribution is 2.46. The second-order valence-electron chi connectivity index (χ2n) is 14.6. The minimum absolute atomic E-state index is 0.0762. The number of aliphatic hydroxyl groups is 8. The molecule has 2 heterocycles. The van der Waals surface area contributed by atoms with Crippen LogP contribution in [0.5, 0.6) is 46.0 Å². The van der Waals surface area contributed by atoms with E-state index < -0.39 is 149 Å². The largest absolute Gasteiger partial charge is 0.508 e. The van der Waals surface area contributed by atoms with Crippen molar-refractivity contribution < 1.29 is 100 Å². The highest BCUT2D eigenvalue weighted by molar-refractivity contribution is 6.12. The van der Waals surface area contributed by atoms with Gasteiger partial charge in [-0.25, -0.2) is 0 Å². The smallest absolute Gasteiger partial charge is 0.229 e. The van der Waals surface area contributed by atoms with Gasteiger partial charge in [-0.1, -0.05) is 36.4 Å². The Morgan fingerprint density at radius 1 is 0.524 bits per heavy atom. The Morgan fingerprint density at radius 2 is 0.873 bits per heavy atom. The summed E-state index contributed by atoms with van der Waals surface area (Å²) in [6.45, 7) is -1.70. The van der Waals surface area contributed by atoms with Gasteiger partial charge in [-0.3, -0.25) is 9.59 Å². The van der Waals surface area contributed by atoms with Crippen LogP contribution in [0.1, 0.15) is 43.0 Å². The Bertz CT molecular complexity index is 2180. The molecule has 63 heavy (non-hydrogen) atoms. The van der Waals surface area contributed by atoms with Crippen molar-refractivity contribution in [2.45, 2.75) is 67.8 Å². The minimum atomic E-state index is -2.00. The first-order chi connectivity index (χ1) is 29.9. The number of rotatable bonds is 14. The predicted molar refractivity (Wildman–Crippen MR) is 214 cm³/mol. The molecule has 2 aliphatic rings. The number of hydrogen-bond donors (Lipinski definition) is 14. The van der Waals surface area contributed by atoms with Crippen molar-refractivity contribution in [1.29, 1.82) is 0 Å². The summed E-state index contributed by atoms with van der Waals surface area (Å²) < 4.78 is 22.1. The van der Waals surface area contributed by atoms with Crippen LogP contribution in [-0.2, 0) is 15.9 Å². The lowest BCUT2D eigenvalue weighted by Crippen LogP contribution is -2.60. The summed E-state index contributed by atoms with van der Waals surface area (Å²) >= 11 is 0. The quantitative estimate of drug-likeness (QED) is 0.0569. The third kappa shape index (κ3) is 9.85. The highest BCUT2D eigenvalue weighted by Gasteiger charge is 2.46. The maximum Gasteiger partial charge on any atom is 0.229 e. The molecular formula is C43H44O20. The Morgan fingerprint density at radius 3 is 1.21 bits per heavy atom. The van der Waals surface area contributed by atoms with Crippen molar-refractivity contribution in [3.63, 3.8) is 0 Å². The number of benzene rings is 4. The fourth-order valence-corrected chi connectivity index (χ4v) is 6.79. The average molecular weight is 881 g/mol. The van der Waals surface area contributed by atoms with Gasteiger partial charge in [0.2, 0.25) is 12.6 Å². The number of carbonyl (C=O) groups is 2. The van der Waals surface area contributed by atoms with Crippen molar-refractivity contribution >= 4 is 23.7 Å². The number of ether oxygens (including phenoxy) is 4. The van der Waals surface area contributed by atoms with Crippen LogP contribution in [0.4, 0.5) is 0 Å². The molecule has 0 radical (unpaired) electrons. The molecule has 2 saturated heterocycles. The Labute approximate surface area is 356 Å². The van der Waals surface area contributed by atoms with E-state index in [4.69, 9.17) is 18.9 Å². The molecule has 14 N–H and O–H groups in total. The van der Waals surface area contributed by atoms with Crippen LogP contribution in [0.25, 0.3) is 12.2 Å². The van der Waals surface area contributed by atoms with Gasteiger partial charge in [0.1, 0.15) is 106 Å². The Balaban J connectivity index is 1.44. The molecule has 0 aliphatic carbocycles. The third-order valence-corrected chi connectivity index (χ3v) is 10.4. The fourth-order valence-electron chi connectivity index (χ4n) is 6.79. The number of phenols is 6. The molecular weight excluding hydrogens is 836 g/mol. The van der Waals surface area contributed by atoms with Crippen LogP contribution < -0.4 is 9.47 Å². The van der Waals surface area contributed by atoms with Gasteiger partial charge in [0.05, 0.1) is 13.2 Å². The summed E-state index contributed by atoms with van der Waals surface area (Å²) in [4.78, 5) is 27.8. The topological polar surface area (TPSA) is 354 Å². The number of allylic oxidation sites excluding steroid dienone is 2. The summed E-state index contributed by atoms with van der Waals surface area (Å²) in [6.07, 6.45) is -14.6. The van der Waals surface area contributed by atoms with E-state index in [9.17, 15) is 81.1 Å². The zero-order chi connectivity index (χ0) is 45.9. The maximum absolute atomic E-state index is 13.9. The summed E-state index contributed by atoms with van der Waals surface area (Å²) in [6, 6.07) is 12.7. The standard InChI is InChI=1S/C43H44O20/c44-16-30-36(54)38(56)40(58)42(62-30)60-28-14-26(50)22(34(52)32(28)24(48)11-5-18-1-7-20(46)8-2-18)13-23-27(51)15-29(61-43-41(59)39(57)37(55)31(17-45)63-43)33(35(23)53)25(49)12-6-19-3-9-21(47)10-4-19/h1-12,14-15,30-31,36-47,50-59H,13,16-17H2. The Hall–Kier alpha value is -6.30. The van der Waals surface area contributed by atoms with Gasteiger partial charge in [-0.15, -0.1) is 0 Å². The van der Waals surface area contributed by atoms with E-state index in [0.29, 0.717) is 11.1 Å². The van der Waals surface area contributed by atoms with E-state index in [1.807, 2.05) is 0 Å². The molecule has 10 unspecified atom stereocenters. The summed E-state index contributed by atoms with van der Waals surface area (Å²) in [5, 5.41) is 147. The monoisotopic (exact) mass is 880 g/mol. The molecule has 4 aromatic rings. The first-order valence-corrected chi connectivity index (χ1v) is 19.1. The van der Waals surface area contributed by atoms with Crippen molar-refractivity contribution in [2.24, 2.45) is 0 Å². The number of hydrogen-bond acceptors (Lipinski definition) is 20. The summed E-state index contributed by atoms with van der Waals surface area (Å²) in [7, 11) is 0. The molecule has 0 spiro atoms. The number of aromatic hydroxyl groups is 6. The second kappa shape index (κ2) is 19.4. The molecule has 0 amide bonds. The molecule has 6 rings (SSSR count). The number of ketones is 2. The van der Waals surface area contributed by atoms with Crippen molar-refractivity contribution in [1.82, 2.24) is 0 Å². The summed E-state index contributed by atoms with van der Waals surface area (Å²) in [5.74, 6) is -7.32. The van der Waals surface area contributed by atoms with Crippen LogP contribution >= 0.6 is 0 Å². The predicted octanol–water partition coefficient (Wildman–Crippen LogP) is -0.339. The third-order valence-electron chi connectivity index (χ3n) is 10.4. The average Bonchev–Trinajstić information content (AvgIpc) is 3.25. The number of carbonyl (C=O) groups excluding carboxylic acids is 2. The molecule has 0 saturated carbocycles. The van der Waals surface area contributed by atoms with E-state index >= 15 is 0 Å². The van der Waals surface area contributed by atoms with Gasteiger partial charge in [-0.05, 0) is 47.5 Å². The molecule has 20 heteroatoms. The summed E-state index contributed by atoms with van der Waals surface area (Å²) in [5.41, 5.74) is -1.77. The minimum Gasteiger partial charge on any atom is -0.508 e. The lowest BCUT2D eigenvalue weighted by Gasteiger charge is -2.39. The molecule has 20 nitrogen and oxygen atoms in total. The molecule has 2 aliphatic heterocycles. The van der Waals surface area contributed by atoms with Gasteiger partial charge in [0.25, 0.3) is 0 Å². The second-order valence-corrected chi connectivity index (χ2v) is 14.6. The van der Waals surface area contributed by atoms with Crippen molar-refractivity contribution in [3.8, 4) is 46.0 Å². The maximum atomic E-state index is 13.9. The van der Waals surface area contributed by atoms with Gasteiger partial charge >= 0.3 is 0 Å². The number of phenolic OH excluding ortho intramolecular Hbond substituents is 6. The first-order valence-electron chi connectivity index (χ1n) is 19.1. The molecule has 0 bridgehead atoms. The lowest BCUT2D eigenvalue weighted by molar-refractivity contribution is -0.277. The normalized spacial score (nSPS) is 26.2. The van der Waals surface area contributed by atoms with Crippen LogP contribution in [-0.4, -0.2) is 158 Å². The molecule has 336 valence electrons. The molecule has 4 aromatic carbocycles. The first kappa shape index (κ1) is 46.2. The van der Waals surface area contributed by atoms with Crippen molar-refractivity contribution in [2.75, 3.05) is 13.2 Å². The van der Waals surface area contributed by atoms with E-state index in [2.05, 4.69) is 0 Å². The van der Waals surface area contributed by atoms with Crippen LogP contribution in [0.2, 0.25) is 0 Å². The zero-order valence-electron chi connectivity index (χ0n) is 32.7. The van der Waals surface area contributed by atoms with Crippen LogP contribution in [0.15, 0.2) is 72.8 Å². The molecule has 2 fully saturated rings. The molecule has 10 atom stereocenters. The van der Waals surface area contributed by atoms with Gasteiger partial charge in [0.15, 0.2) is 11.6 Å². The number of aliphatic hydroxyl groups excluding tert-OH is 8. The van der Waals surface area contributed by atoms with E-state index in [0.717, 1.165) is 24.3 Å². The van der Waals surface area contributed by atoms with E-state index in [-0.39, 0.29) is 11.5 Å². The molecule has 0 aromatic heterocycles. The van der Waals surface area contributed by atoms with E-state index in [1.54, 1.807) is 0 Å². The van der Waals surface area contributed by atoms with Gasteiger partial charge in [0, 0.05) is 29.7 Å². The van der Waals surface area contributed by atoms with Crippen LogP contribution in [0, 0.1) is 0 Å². The highest BCUT2D eigenvalue weighted by atomic mass is 16.7. The van der Waals surface area contributed by atoms with E-state index in [1.165, 1.54) is 60.7 Å². The van der Waals surface area contributed by atoms with Gasteiger partial charge in [-0.2, -0.15) is 0 Å². The fraction of sp³-hybridized carbons (Fsp3) is 0.302.